The molecule has 0 amide bonds. The Labute approximate surface area is 104 Å². The first-order valence-electron chi connectivity index (χ1n) is 5.37. The van der Waals surface area contributed by atoms with E-state index in [-0.39, 0.29) is 0 Å². The Morgan fingerprint density at radius 1 is 0.812 bits per heavy atom. The van der Waals surface area contributed by atoms with Gasteiger partial charge in [-0.05, 0) is 17.7 Å². The van der Waals surface area contributed by atoms with Gasteiger partial charge in [-0.15, -0.1) is 23.5 Å². The van der Waals surface area contributed by atoms with Gasteiger partial charge in [-0.1, -0.05) is 42.5 Å². The smallest absolute Gasteiger partial charge is 0.0438 e. The van der Waals surface area contributed by atoms with Crippen molar-refractivity contribution in [3.8, 4) is 0 Å². The van der Waals surface area contributed by atoms with Crippen LogP contribution >= 0.6 is 23.5 Å². The van der Waals surface area contributed by atoms with Crippen LogP contribution in [0.4, 0.5) is 0 Å². The van der Waals surface area contributed by atoms with Crippen LogP contribution in [0.1, 0.15) is 10.8 Å². The van der Waals surface area contributed by atoms with E-state index in [4.69, 9.17) is 0 Å². The maximum Gasteiger partial charge on any atom is 0.0438 e. The van der Waals surface area contributed by atoms with Gasteiger partial charge in [0, 0.05) is 20.8 Å². The summed E-state index contributed by atoms with van der Waals surface area (Å²) in [4.78, 5) is 2.85. The maximum atomic E-state index is 2.23. The highest BCUT2D eigenvalue weighted by Gasteiger charge is 2.20. The Kier molecular flexibility index (Phi) is 2.94. The Balaban J connectivity index is 1.89. The molecule has 0 fully saturated rings. The zero-order valence-corrected chi connectivity index (χ0v) is 10.4. The number of hydrogen-bond donors (Lipinski definition) is 0. The fourth-order valence-corrected chi connectivity index (χ4v) is 4.50. The molecule has 1 heterocycles. The van der Waals surface area contributed by atoms with Crippen molar-refractivity contribution in [1.82, 2.24) is 0 Å². The van der Waals surface area contributed by atoms with Crippen LogP contribution in [0.25, 0.3) is 0 Å². The first-order valence-corrected chi connectivity index (χ1v) is 7.23. The molecular formula is C14H12S2. The zero-order chi connectivity index (χ0) is 10.8. The summed E-state index contributed by atoms with van der Waals surface area (Å²) in [5, 5.41) is 0.598. The molecule has 0 N–H and O–H groups in total. The quantitative estimate of drug-likeness (QED) is 0.717. The van der Waals surface area contributed by atoms with Crippen molar-refractivity contribution in [3.63, 3.8) is 0 Å². The minimum Gasteiger partial charge on any atom is -0.123 e. The van der Waals surface area contributed by atoms with E-state index >= 15 is 0 Å². The minimum atomic E-state index is 0.598. The zero-order valence-electron chi connectivity index (χ0n) is 8.80. The van der Waals surface area contributed by atoms with Crippen molar-refractivity contribution in [1.29, 1.82) is 0 Å². The normalized spacial score (nSPS) is 19.1. The molecule has 16 heavy (non-hydrogen) atoms. The summed E-state index contributed by atoms with van der Waals surface area (Å²) >= 11 is 3.96. The number of hydrogen-bond acceptors (Lipinski definition) is 2. The summed E-state index contributed by atoms with van der Waals surface area (Å²) in [5.74, 6) is 1.17. The molecule has 1 unspecified atom stereocenters. The molecule has 0 saturated heterocycles. The van der Waals surface area contributed by atoms with Crippen molar-refractivity contribution in [2.24, 2.45) is 0 Å². The third-order valence-corrected chi connectivity index (χ3v) is 5.52. The average Bonchev–Trinajstić information content (AvgIpc) is 2.39. The molecule has 1 aliphatic rings. The number of benzene rings is 2. The van der Waals surface area contributed by atoms with Gasteiger partial charge in [0.2, 0.25) is 0 Å². The molecule has 0 spiro atoms. The van der Waals surface area contributed by atoms with E-state index in [1.807, 2.05) is 23.5 Å². The van der Waals surface area contributed by atoms with E-state index in [0.29, 0.717) is 5.25 Å². The number of rotatable bonds is 1. The first-order chi connectivity index (χ1) is 7.93. The molecule has 0 nitrogen and oxygen atoms in total. The van der Waals surface area contributed by atoms with Gasteiger partial charge in [0.25, 0.3) is 0 Å². The molecule has 0 bridgehead atoms. The van der Waals surface area contributed by atoms with Gasteiger partial charge in [-0.2, -0.15) is 0 Å². The summed E-state index contributed by atoms with van der Waals surface area (Å²) in [5.41, 5.74) is 1.44. The number of fused-ring (bicyclic) bond motifs is 1. The maximum absolute atomic E-state index is 2.23. The first kappa shape index (κ1) is 10.3. The molecule has 80 valence electrons. The molecule has 1 atom stereocenters. The Morgan fingerprint density at radius 2 is 1.50 bits per heavy atom. The molecule has 1 aliphatic heterocycles. The van der Waals surface area contributed by atoms with Gasteiger partial charge in [0.15, 0.2) is 0 Å². The molecule has 3 rings (SSSR count). The second-order valence-corrected chi connectivity index (χ2v) is 6.08. The molecule has 0 saturated carbocycles. The van der Waals surface area contributed by atoms with Crippen molar-refractivity contribution in [3.05, 3.63) is 60.2 Å². The fourth-order valence-electron chi connectivity index (χ4n) is 1.85. The van der Waals surface area contributed by atoms with Crippen LogP contribution in [0, 0.1) is 0 Å². The van der Waals surface area contributed by atoms with Gasteiger partial charge >= 0.3 is 0 Å². The number of thioether (sulfide) groups is 2. The van der Waals surface area contributed by atoms with Crippen molar-refractivity contribution in [2.75, 3.05) is 5.75 Å². The van der Waals surface area contributed by atoms with Crippen LogP contribution in [0.5, 0.6) is 0 Å². The van der Waals surface area contributed by atoms with Crippen molar-refractivity contribution >= 4 is 23.5 Å². The standard InChI is InChI=1S/C14H12S2/c1-2-6-11(7-3-1)14-10-15-12-8-4-5-9-13(12)16-14/h1-9,14H,10H2. The Hall–Kier alpha value is -0.860. The van der Waals surface area contributed by atoms with Crippen LogP contribution in [0.2, 0.25) is 0 Å². The molecule has 2 aromatic carbocycles. The van der Waals surface area contributed by atoms with Gasteiger partial charge < -0.3 is 0 Å². The summed E-state index contributed by atoms with van der Waals surface area (Å²) < 4.78 is 0. The van der Waals surface area contributed by atoms with Crippen LogP contribution in [0.15, 0.2) is 64.4 Å². The second-order valence-electron chi connectivity index (χ2n) is 3.77. The summed E-state index contributed by atoms with van der Waals surface area (Å²) in [6.07, 6.45) is 0. The van der Waals surface area contributed by atoms with Gasteiger partial charge in [0.1, 0.15) is 0 Å². The lowest BCUT2D eigenvalue weighted by molar-refractivity contribution is 1.07. The van der Waals surface area contributed by atoms with Gasteiger partial charge in [-0.3, -0.25) is 0 Å². The van der Waals surface area contributed by atoms with E-state index in [1.165, 1.54) is 21.1 Å². The van der Waals surface area contributed by atoms with Crippen LogP contribution in [-0.2, 0) is 0 Å². The van der Waals surface area contributed by atoms with E-state index in [9.17, 15) is 0 Å². The molecular weight excluding hydrogens is 232 g/mol. The topological polar surface area (TPSA) is 0 Å². The lowest BCUT2D eigenvalue weighted by Gasteiger charge is -2.23. The van der Waals surface area contributed by atoms with Gasteiger partial charge in [-0.25, -0.2) is 0 Å². The van der Waals surface area contributed by atoms with E-state index < -0.39 is 0 Å². The highest BCUT2D eigenvalue weighted by Crippen LogP contribution is 2.47. The summed E-state index contributed by atoms with van der Waals surface area (Å²) in [6, 6.07) is 19.5. The molecule has 0 aliphatic carbocycles. The van der Waals surface area contributed by atoms with Crippen molar-refractivity contribution in [2.45, 2.75) is 15.0 Å². The van der Waals surface area contributed by atoms with E-state index in [2.05, 4.69) is 54.6 Å². The summed E-state index contributed by atoms with van der Waals surface area (Å²) in [7, 11) is 0. The lowest BCUT2D eigenvalue weighted by Crippen LogP contribution is -2.02. The minimum absolute atomic E-state index is 0.598. The third kappa shape index (κ3) is 2.00. The van der Waals surface area contributed by atoms with Gasteiger partial charge in [0.05, 0.1) is 0 Å². The molecule has 2 aromatic rings. The Bertz CT molecular complexity index is 479. The monoisotopic (exact) mass is 244 g/mol. The molecule has 0 aromatic heterocycles. The highest BCUT2D eigenvalue weighted by molar-refractivity contribution is 8.05. The predicted molar refractivity (Wildman–Crippen MR) is 72.2 cm³/mol. The van der Waals surface area contributed by atoms with E-state index in [1.54, 1.807) is 0 Å². The van der Waals surface area contributed by atoms with Crippen LogP contribution < -0.4 is 0 Å². The highest BCUT2D eigenvalue weighted by atomic mass is 32.2. The second kappa shape index (κ2) is 4.56. The third-order valence-electron chi connectivity index (χ3n) is 2.68. The van der Waals surface area contributed by atoms with E-state index in [0.717, 1.165) is 0 Å². The van der Waals surface area contributed by atoms with Crippen molar-refractivity contribution < 1.29 is 0 Å². The Morgan fingerprint density at radius 3 is 2.31 bits per heavy atom. The fraction of sp³-hybridized carbons (Fsp3) is 0.143. The molecule has 0 radical (unpaired) electrons. The summed E-state index contributed by atoms with van der Waals surface area (Å²) in [6.45, 7) is 0. The largest absolute Gasteiger partial charge is 0.123 e. The lowest BCUT2D eigenvalue weighted by atomic mass is 10.2. The predicted octanol–water partition coefficient (Wildman–Crippen LogP) is 4.63. The SMILES string of the molecule is c1ccc(C2CSc3ccccc3S2)cc1. The van der Waals surface area contributed by atoms with Crippen LogP contribution in [-0.4, -0.2) is 5.75 Å². The molecule has 2 heteroatoms. The van der Waals surface area contributed by atoms with Crippen LogP contribution in [0.3, 0.4) is 0 Å². The average molecular weight is 244 g/mol.